The zero-order valence-electron chi connectivity index (χ0n) is 12.1. The standard InChI is InChI=1S/C13H19BrN4OS/c1-5-18-9(11(14)8(4)16-18)6-10(19)13-12(7(2)3)15-17-20-13/h7,10,19H,5-6H2,1-4H3. The summed E-state index contributed by atoms with van der Waals surface area (Å²) in [4.78, 5) is 0.855. The highest BCUT2D eigenvalue weighted by atomic mass is 79.9. The number of aryl methyl sites for hydroxylation is 2. The Labute approximate surface area is 131 Å². The van der Waals surface area contributed by atoms with Crippen molar-refractivity contribution in [3.8, 4) is 0 Å². The van der Waals surface area contributed by atoms with Gasteiger partial charge in [0, 0.05) is 13.0 Å². The maximum Gasteiger partial charge on any atom is 0.0972 e. The maximum atomic E-state index is 10.5. The van der Waals surface area contributed by atoms with Gasteiger partial charge in [0.05, 0.1) is 32.5 Å². The van der Waals surface area contributed by atoms with Gasteiger partial charge in [-0.25, -0.2) is 0 Å². The van der Waals surface area contributed by atoms with Gasteiger partial charge < -0.3 is 5.11 Å². The number of halogens is 1. The molecule has 2 heterocycles. The second-order valence-electron chi connectivity index (χ2n) is 5.06. The summed E-state index contributed by atoms with van der Waals surface area (Å²) in [5.74, 6) is 0.264. The van der Waals surface area contributed by atoms with E-state index in [1.54, 1.807) is 0 Å². The Morgan fingerprint density at radius 3 is 2.70 bits per heavy atom. The molecule has 0 spiro atoms. The third-order valence-corrected chi connectivity index (χ3v) is 5.10. The van der Waals surface area contributed by atoms with E-state index in [4.69, 9.17) is 0 Å². The van der Waals surface area contributed by atoms with E-state index in [9.17, 15) is 5.11 Å². The molecular weight excluding hydrogens is 340 g/mol. The summed E-state index contributed by atoms with van der Waals surface area (Å²) in [7, 11) is 0. The molecule has 110 valence electrons. The Kier molecular flexibility index (Phi) is 4.93. The van der Waals surface area contributed by atoms with Crippen LogP contribution in [-0.2, 0) is 13.0 Å². The molecule has 2 rings (SSSR count). The van der Waals surface area contributed by atoms with Crippen molar-refractivity contribution in [3.63, 3.8) is 0 Å². The molecule has 7 heteroatoms. The molecule has 0 aliphatic heterocycles. The Bertz CT molecular complexity index is 593. The van der Waals surface area contributed by atoms with E-state index < -0.39 is 6.10 Å². The van der Waals surface area contributed by atoms with E-state index in [0.29, 0.717) is 6.42 Å². The van der Waals surface area contributed by atoms with Crippen molar-refractivity contribution in [1.82, 2.24) is 19.4 Å². The molecule has 20 heavy (non-hydrogen) atoms. The van der Waals surface area contributed by atoms with Gasteiger partial charge >= 0.3 is 0 Å². The van der Waals surface area contributed by atoms with Crippen LogP contribution in [0, 0.1) is 6.92 Å². The van der Waals surface area contributed by atoms with Crippen molar-refractivity contribution in [3.05, 3.63) is 26.4 Å². The van der Waals surface area contributed by atoms with Crippen LogP contribution < -0.4 is 0 Å². The molecule has 0 aromatic carbocycles. The molecule has 0 fully saturated rings. The topological polar surface area (TPSA) is 63.8 Å². The minimum atomic E-state index is -0.593. The van der Waals surface area contributed by atoms with Gasteiger partial charge in [-0.05, 0) is 47.2 Å². The van der Waals surface area contributed by atoms with Gasteiger partial charge in [0.25, 0.3) is 0 Å². The van der Waals surface area contributed by atoms with Gasteiger partial charge in [-0.1, -0.05) is 18.3 Å². The summed E-state index contributed by atoms with van der Waals surface area (Å²) >= 11 is 4.83. The summed E-state index contributed by atoms with van der Waals surface area (Å²) in [6, 6.07) is 0. The summed E-state index contributed by atoms with van der Waals surface area (Å²) in [5.41, 5.74) is 2.85. The smallest absolute Gasteiger partial charge is 0.0972 e. The van der Waals surface area contributed by atoms with E-state index in [2.05, 4.69) is 44.5 Å². The first kappa shape index (κ1) is 15.6. The van der Waals surface area contributed by atoms with Crippen molar-refractivity contribution in [2.24, 2.45) is 0 Å². The van der Waals surface area contributed by atoms with Gasteiger partial charge in [0.15, 0.2) is 0 Å². The normalized spacial score (nSPS) is 13.2. The quantitative estimate of drug-likeness (QED) is 0.890. The molecule has 0 saturated heterocycles. The van der Waals surface area contributed by atoms with Crippen molar-refractivity contribution < 1.29 is 5.11 Å². The molecule has 0 amide bonds. The Morgan fingerprint density at radius 2 is 2.10 bits per heavy atom. The summed E-state index contributed by atoms with van der Waals surface area (Å²) in [6.45, 7) is 8.90. The highest BCUT2D eigenvalue weighted by Crippen LogP contribution is 2.31. The lowest BCUT2D eigenvalue weighted by atomic mass is 10.0. The molecule has 0 bridgehead atoms. The SMILES string of the molecule is CCn1nc(C)c(Br)c1CC(O)c1snnc1C(C)C. The fourth-order valence-corrected chi connectivity index (χ4v) is 3.41. The second-order valence-corrected chi connectivity index (χ2v) is 6.64. The van der Waals surface area contributed by atoms with E-state index >= 15 is 0 Å². The van der Waals surface area contributed by atoms with E-state index in [0.717, 1.165) is 33.0 Å². The predicted molar refractivity (Wildman–Crippen MR) is 83.0 cm³/mol. The lowest BCUT2D eigenvalue weighted by molar-refractivity contribution is 0.177. The lowest BCUT2D eigenvalue weighted by Gasteiger charge is -2.12. The van der Waals surface area contributed by atoms with Crippen LogP contribution in [0.4, 0.5) is 0 Å². The zero-order valence-corrected chi connectivity index (χ0v) is 14.5. The molecule has 0 aliphatic carbocycles. The molecule has 2 aromatic heterocycles. The Morgan fingerprint density at radius 1 is 1.40 bits per heavy atom. The molecular formula is C13H19BrN4OS. The molecule has 2 aromatic rings. The molecule has 0 radical (unpaired) electrons. The highest BCUT2D eigenvalue weighted by Gasteiger charge is 2.23. The molecule has 1 N–H and O–H groups in total. The third kappa shape index (κ3) is 2.94. The van der Waals surface area contributed by atoms with Crippen LogP contribution in [0.25, 0.3) is 0 Å². The average Bonchev–Trinajstić information content (AvgIpc) is 2.99. The van der Waals surface area contributed by atoms with Crippen molar-refractivity contribution in [2.45, 2.75) is 52.7 Å². The largest absolute Gasteiger partial charge is 0.387 e. The molecule has 0 aliphatic rings. The monoisotopic (exact) mass is 358 g/mol. The molecule has 0 saturated carbocycles. The Balaban J connectivity index is 2.28. The fraction of sp³-hybridized carbons (Fsp3) is 0.615. The van der Waals surface area contributed by atoms with E-state index in [1.165, 1.54) is 11.5 Å². The van der Waals surface area contributed by atoms with Gasteiger partial charge in [0.2, 0.25) is 0 Å². The minimum absolute atomic E-state index is 0.264. The maximum absolute atomic E-state index is 10.5. The van der Waals surface area contributed by atoms with Crippen molar-refractivity contribution in [2.75, 3.05) is 0 Å². The van der Waals surface area contributed by atoms with Crippen LogP contribution in [0.1, 0.15) is 54.8 Å². The van der Waals surface area contributed by atoms with Crippen LogP contribution >= 0.6 is 27.5 Å². The summed E-state index contributed by atoms with van der Waals surface area (Å²) in [5, 5.41) is 19.1. The third-order valence-electron chi connectivity index (χ3n) is 3.23. The first-order valence-corrected chi connectivity index (χ1v) is 8.24. The lowest BCUT2D eigenvalue weighted by Crippen LogP contribution is -2.10. The van der Waals surface area contributed by atoms with Crippen LogP contribution in [0.2, 0.25) is 0 Å². The number of aliphatic hydroxyl groups is 1. The van der Waals surface area contributed by atoms with Gasteiger partial charge in [-0.2, -0.15) is 5.10 Å². The zero-order chi connectivity index (χ0) is 14.9. The van der Waals surface area contributed by atoms with Crippen molar-refractivity contribution >= 4 is 27.5 Å². The fourth-order valence-electron chi connectivity index (χ4n) is 2.18. The van der Waals surface area contributed by atoms with Gasteiger partial charge in [0.1, 0.15) is 0 Å². The van der Waals surface area contributed by atoms with Crippen LogP contribution in [0.15, 0.2) is 4.47 Å². The number of hydrogen-bond donors (Lipinski definition) is 1. The van der Waals surface area contributed by atoms with E-state index in [-0.39, 0.29) is 5.92 Å². The van der Waals surface area contributed by atoms with Crippen LogP contribution in [0.5, 0.6) is 0 Å². The molecule has 5 nitrogen and oxygen atoms in total. The number of aliphatic hydroxyl groups excluding tert-OH is 1. The minimum Gasteiger partial charge on any atom is -0.387 e. The highest BCUT2D eigenvalue weighted by molar-refractivity contribution is 9.10. The molecule has 1 unspecified atom stereocenters. The first-order chi connectivity index (χ1) is 9.45. The summed E-state index contributed by atoms with van der Waals surface area (Å²) in [6.07, 6.45) is -0.0797. The summed E-state index contributed by atoms with van der Waals surface area (Å²) < 4.78 is 6.87. The van der Waals surface area contributed by atoms with Crippen LogP contribution in [0.3, 0.4) is 0 Å². The van der Waals surface area contributed by atoms with Crippen LogP contribution in [-0.4, -0.2) is 24.5 Å². The first-order valence-electron chi connectivity index (χ1n) is 6.67. The van der Waals surface area contributed by atoms with Crippen molar-refractivity contribution in [1.29, 1.82) is 0 Å². The van der Waals surface area contributed by atoms with Gasteiger partial charge in [-0.15, -0.1) is 5.10 Å². The average molecular weight is 359 g/mol. The molecule has 1 atom stereocenters. The number of aromatic nitrogens is 4. The Hall–Kier alpha value is -0.790. The number of hydrogen-bond acceptors (Lipinski definition) is 5. The number of nitrogens with zero attached hydrogens (tertiary/aromatic N) is 4. The second kappa shape index (κ2) is 6.32. The predicted octanol–water partition coefficient (Wildman–Crippen LogP) is 3.22. The van der Waals surface area contributed by atoms with E-state index in [1.807, 2.05) is 18.5 Å². The van der Waals surface area contributed by atoms with Gasteiger partial charge in [-0.3, -0.25) is 4.68 Å². The number of rotatable bonds is 5.